The largest absolute Gasteiger partial charge is 0.490 e. The Morgan fingerprint density at radius 3 is 2.21 bits per heavy atom. The standard InChI is InChI=1S/C17H27NO/c1-4-17(18)14-5-7-15(8-6-14)19-16-10-12(2)9-13(3)11-16/h5-8,12-13,16-17H,4,9-11,18H2,1-3H3/t12?,13?,16?,17-/m1/s1. The first kappa shape index (κ1) is 14.4. The lowest BCUT2D eigenvalue weighted by Crippen LogP contribution is -2.28. The molecule has 1 aliphatic carbocycles. The highest BCUT2D eigenvalue weighted by molar-refractivity contribution is 5.29. The van der Waals surface area contributed by atoms with Gasteiger partial charge < -0.3 is 10.5 Å². The van der Waals surface area contributed by atoms with Gasteiger partial charge in [-0.3, -0.25) is 0 Å². The SMILES string of the molecule is CC[C@@H](N)c1ccc(OC2CC(C)CC(C)C2)cc1. The second kappa shape index (κ2) is 6.42. The molecule has 1 aliphatic rings. The molecule has 2 unspecified atom stereocenters. The first-order chi connectivity index (χ1) is 9.08. The topological polar surface area (TPSA) is 35.2 Å². The van der Waals surface area contributed by atoms with E-state index in [-0.39, 0.29) is 6.04 Å². The van der Waals surface area contributed by atoms with Crippen LogP contribution in [-0.4, -0.2) is 6.10 Å². The Kier molecular flexibility index (Phi) is 4.87. The minimum absolute atomic E-state index is 0.142. The van der Waals surface area contributed by atoms with E-state index in [1.54, 1.807) is 0 Å². The van der Waals surface area contributed by atoms with Crippen molar-refractivity contribution < 1.29 is 4.74 Å². The lowest BCUT2D eigenvalue weighted by atomic mass is 9.82. The maximum atomic E-state index is 6.12. The van der Waals surface area contributed by atoms with Gasteiger partial charge in [-0.1, -0.05) is 32.9 Å². The molecular formula is C17H27NO. The lowest BCUT2D eigenvalue weighted by molar-refractivity contribution is 0.101. The molecule has 1 aromatic rings. The van der Waals surface area contributed by atoms with E-state index in [1.165, 1.54) is 24.8 Å². The molecule has 2 N–H and O–H groups in total. The van der Waals surface area contributed by atoms with Gasteiger partial charge in [-0.15, -0.1) is 0 Å². The number of benzene rings is 1. The summed E-state index contributed by atoms with van der Waals surface area (Å²) in [6.07, 6.45) is 5.05. The summed E-state index contributed by atoms with van der Waals surface area (Å²) < 4.78 is 6.12. The van der Waals surface area contributed by atoms with Gasteiger partial charge in [0.15, 0.2) is 0 Å². The molecule has 0 aromatic heterocycles. The molecule has 2 nitrogen and oxygen atoms in total. The summed E-state index contributed by atoms with van der Waals surface area (Å²) in [7, 11) is 0. The maximum Gasteiger partial charge on any atom is 0.119 e. The summed E-state index contributed by atoms with van der Waals surface area (Å²) in [5.74, 6) is 2.54. The van der Waals surface area contributed by atoms with Crippen LogP contribution in [-0.2, 0) is 0 Å². The molecule has 3 atom stereocenters. The van der Waals surface area contributed by atoms with Gasteiger partial charge in [-0.25, -0.2) is 0 Å². The van der Waals surface area contributed by atoms with E-state index < -0.39 is 0 Å². The number of hydrogen-bond acceptors (Lipinski definition) is 2. The van der Waals surface area contributed by atoms with Crippen molar-refractivity contribution in [3.05, 3.63) is 29.8 Å². The molecule has 0 bridgehead atoms. The fourth-order valence-electron chi connectivity index (χ4n) is 3.19. The molecule has 0 heterocycles. The van der Waals surface area contributed by atoms with Crippen LogP contribution in [0.15, 0.2) is 24.3 Å². The van der Waals surface area contributed by atoms with Gasteiger partial charge in [0.1, 0.15) is 5.75 Å². The van der Waals surface area contributed by atoms with Gasteiger partial charge in [0.2, 0.25) is 0 Å². The minimum Gasteiger partial charge on any atom is -0.490 e. The summed E-state index contributed by atoms with van der Waals surface area (Å²) >= 11 is 0. The molecule has 0 spiro atoms. The Morgan fingerprint density at radius 1 is 1.11 bits per heavy atom. The van der Waals surface area contributed by atoms with Gasteiger partial charge in [-0.05, 0) is 55.2 Å². The van der Waals surface area contributed by atoms with Crippen LogP contribution in [0.1, 0.15) is 58.1 Å². The van der Waals surface area contributed by atoms with Crippen molar-refractivity contribution in [3.63, 3.8) is 0 Å². The Hall–Kier alpha value is -1.02. The average Bonchev–Trinajstić information content (AvgIpc) is 2.37. The van der Waals surface area contributed by atoms with E-state index in [9.17, 15) is 0 Å². The zero-order chi connectivity index (χ0) is 13.8. The smallest absolute Gasteiger partial charge is 0.119 e. The fraction of sp³-hybridized carbons (Fsp3) is 0.647. The third kappa shape index (κ3) is 3.97. The summed E-state index contributed by atoms with van der Waals surface area (Å²) in [6.45, 7) is 6.77. The van der Waals surface area contributed by atoms with Gasteiger partial charge in [0, 0.05) is 6.04 Å². The highest BCUT2D eigenvalue weighted by atomic mass is 16.5. The molecule has 0 aliphatic heterocycles. The average molecular weight is 261 g/mol. The number of ether oxygens (including phenoxy) is 1. The van der Waals surface area contributed by atoms with E-state index in [0.717, 1.165) is 24.0 Å². The number of hydrogen-bond donors (Lipinski definition) is 1. The van der Waals surface area contributed by atoms with E-state index >= 15 is 0 Å². The normalized spacial score (nSPS) is 28.9. The van der Waals surface area contributed by atoms with E-state index in [2.05, 4.69) is 45.0 Å². The van der Waals surface area contributed by atoms with E-state index in [4.69, 9.17) is 10.5 Å². The Balaban J connectivity index is 1.95. The second-order valence-electron chi connectivity index (χ2n) is 6.24. The summed E-state index contributed by atoms with van der Waals surface area (Å²) in [6, 6.07) is 8.46. The molecular weight excluding hydrogens is 234 g/mol. The molecule has 0 amide bonds. The van der Waals surface area contributed by atoms with Crippen molar-refractivity contribution in [1.82, 2.24) is 0 Å². The van der Waals surface area contributed by atoms with Crippen molar-refractivity contribution >= 4 is 0 Å². The predicted octanol–water partition coefficient (Wildman–Crippen LogP) is 4.30. The fourth-order valence-corrected chi connectivity index (χ4v) is 3.19. The molecule has 1 aromatic carbocycles. The minimum atomic E-state index is 0.142. The first-order valence-electron chi connectivity index (χ1n) is 7.60. The molecule has 1 fully saturated rings. The zero-order valence-electron chi connectivity index (χ0n) is 12.4. The summed E-state index contributed by atoms with van der Waals surface area (Å²) in [5.41, 5.74) is 7.22. The van der Waals surface area contributed by atoms with Crippen LogP contribution in [0.5, 0.6) is 5.75 Å². The third-order valence-corrected chi connectivity index (χ3v) is 4.19. The third-order valence-electron chi connectivity index (χ3n) is 4.19. The van der Waals surface area contributed by atoms with Crippen molar-refractivity contribution in [2.75, 3.05) is 0 Å². The van der Waals surface area contributed by atoms with Gasteiger partial charge >= 0.3 is 0 Å². The van der Waals surface area contributed by atoms with Crippen molar-refractivity contribution in [2.24, 2.45) is 17.6 Å². The van der Waals surface area contributed by atoms with Crippen molar-refractivity contribution in [1.29, 1.82) is 0 Å². The predicted molar refractivity (Wildman–Crippen MR) is 80.3 cm³/mol. The van der Waals surface area contributed by atoms with Crippen LogP contribution in [0.2, 0.25) is 0 Å². The van der Waals surface area contributed by atoms with Crippen molar-refractivity contribution in [3.8, 4) is 5.75 Å². The monoisotopic (exact) mass is 261 g/mol. The summed E-state index contributed by atoms with van der Waals surface area (Å²) in [4.78, 5) is 0. The molecule has 1 saturated carbocycles. The highest BCUT2D eigenvalue weighted by Gasteiger charge is 2.25. The van der Waals surface area contributed by atoms with Crippen LogP contribution < -0.4 is 10.5 Å². The van der Waals surface area contributed by atoms with Crippen LogP contribution in [0.3, 0.4) is 0 Å². The lowest BCUT2D eigenvalue weighted by Gasteiger charge is -2.31. The van der Waals surface area contributed by atoms with E-state index in [0.29, 0.717) is 6.10 Å². The van der Waals surface area contributed by atoms with E-state index in [1.807, 2.05) is 0 Å². The van der Waals surface area contributed by atoms with Crippen molar-refractivity contribution in [2.45, 2.75) is 58.6 Å². The van der Waals surface area contributed by atoms with Gasteiger partial charge in [-0.2, -0.15) is 0 Å². The molecule has 106 valence electrons. The quantitative estimate of drug-likeness (QED) is 0.877. The number of rotatable bonds is 4. The summed E-state index contributed by atoms with van der Waals surface area (Å²) in [5, 5.41) is 0. The molecule has 19 heavy (non-hydrogen) atoms. The number of nitrogens with two attached hydrogens (primary N) is 1. The molecule has 2 rings (SSSR count). The second-order valence-corrected chi connectivity index (χ2v) is 6.24. The van der Waals surface area contributed by atoms with Crippen LogP contribution in [0, 0.1) is 11.8 Å². The molecule has 2 heteroatoms. The highest BCUT2D eigenvalue weighted by Crippen LogP contribution is 2.31. The Morgan fingerprint density at radius 2 is 1.68 bits per heavy atom. The first-order valence-corrected chi connectivity index (χ1v) is 7.60. The van der Waals surface area contributed by atoms with Gasteiger partial charge in [0.05, 0.1) is 6.10 Å². The molecule has 0 saturated heterocycles. The van der Waals surface area contributed by atoms with Gasteiger partial charge in [0.25, 0.3) is 0 Å². The van der Waals surface area contributed by atoms with Crippen LogP contribution in [0.25, 0.3) is 0 Å². The van der Waals surface area contributed by atoms with Crippen LogP contribution in [0.4, 0.5) is 0 Å². The Labute approximate surface area is 117 Å². The molecule has 0 radical (unpaired) electrons. The maximum absolute atomic E-state index is 6.12. The zero-order valence-corrected chi connectivity index (χ0v) is 12.4. The Bertz CT molecular complexity index is 377. The van der Waals surface area contributed by atoms with Crippen LogP contribution >= 0.6 is 0 Å².